The SMILES string of the molecule is CC1(C)CC(OC(=O)OC2CC(C)(C)N(OSI)C(C)(C)C2)CC(C)(C)N1OCl. The molecule has 0 unspecified atom stereocenters. The molecule has 2 saturated heterocycles. The van der Waals surface area contributed by atoms with Crippen LogP contribution in [0.15, 0.2) is 0 Å². The fraction of sp³-hybridized carbons (Fsp3) is 0.947. The van der Waals surface area contributed by atoms with Crippen molar-refractivity contribution in [1.82, 2.24) is 10.1 Å². The van der Waals surface area contributed by atoms with Gasteiger partial charge in [-0.05, 0) is 55.4 Å². The number of ether oxygens (including phenoxy) is 2. The third-order valence-corrected chi connectivity index (χ3v) is 6.63. The molecule has 0 aliphatic carbocycles. The van der Waals surface area contributed by atoms with E-state index < -0.39 is 6.16 Å². The van der Waals surface area contributed by atoms with E-state index in [0.717, 1.165) is 0 Å². The van der Waals surface area contributed by atoms with Crippen LogP contribution in [0.3, 0.4) is 0 Å². The van der Waals surface area contributed by atoms with Crippen molar-refractivity contribution in [2.75, 3.05) is 0 Å². The normalized spacial score (nSPS) is 27.5. The van der Waals surface area contributed by atoms with Gasteiger partial charge in [-0.15, -0.1) is 0 Å². The van der Waals surface area contributed by atoms with Gasteiger partial charge < -0.3 is 9.47 Å². The van der Waals surface area contributed by atoms with Gasteiger partial charge in [0.15, 0.2) is 0 Å². The highest BCUT2D eigenvalue weighted by Gasteiger charge is 2.50. The summed E-state index contributed by atoms with van der Waals surface area (Å²) < 4.78 is 22.4. The maximum atomic E-state index is 12.6. The molecule has 2 fully saturated rings. The van der Waals surface area contributed by atoms with E-state index in [1.54, 1.807) is 5.06 Å². The molecule has 0 bridgehead atoms. The van der Waals surface area contributed by atoms with Gasteiger partial charge in [0.05, 0.1) is 21.1 Å². The highest BCUT2D eigenvalue weighted by molar-refractivity contribution is 14.2. The topological polar surface area (TPSA) is 60.5 Å². The Bertz CT molecular complexity index is 569. The smallest absolute Gasteiger partial charge is 0.431 e. The van der Waals surface area contributed by atoms with Gasteiger partial charge in [0.25, 0.3) is 0 Å². The minimum absolute atomic E-state index is 0.237. The van der Waals surface area contributed by atoms with Crippen LogP contribution in [0.2, 0.25) is 0 Å². The number of nitrogens with zero attached hydrogens (tertiary/aromatic N) is 2. The number of carbonyl (C=O) groups excluding carboxylic acids is 1. The second kappa shape index (κ2) is 9.15. The molecule has 0 aromatic rings. The van der Waals surface area contributed by atoms with Crippen molar-refractivity contribution in [3.63, 3.8) is 0 Å². The van der Waals surface area contributed by atoms with Crippen LogP contribution in [-0.4, -0.2) is 50.6 Å². The monoisotopic (exact) mass is 564 g/mol. The second-order valence-corrected chi connectivity index (χ2v) is 12.1. The van der Waals surface area contributed by atoms with Crippen LogP contribution >= 0.6 is 42.3 Å². The first kappa shape index (κ1) is 25.7. The average Bonchev–Trinajstić information content (AvgIpc) is 2.47. The lowest BCUT2D eigenvalue weighted by molar-refractivity contribution is -0.237. The molecule has 0 aromatic carbocycles. The van der Waals surface area contributed by atoms with E-state index >= 15 is 0 Å². The number of rotatable bonds is 5. The highest BCUT2D eigenvalue weighted by atomic mass is 127. The summed E-state index contributed by atoms with van der Waals surface area (Å²) in [4.78, 5) is 12.6. The Morgan fingerprint density at radius 2 is 1.17 bits per heavy atom. The predicted molar refractivity (Wildman–Crippen MR) is 123 cm³/mol. The Kier molecular flexibility index (Phi) is 8.12. The summed E-state index contributed by atoms with van der Waals surface area (Å²) in [5, 5.41) is 3.76. The minimum Gasteiger partial charge on any atom is -0.431 e. The van der Waals surface area contributed by atoms with Crippen LogP contribution < -0.4 is 0 Å². The molecule has 0 spiro atoms. The van der Waals surface area contributed by atoms with Gasteiger partial charge in [0.1, 0.15) is 12.2 Å². The number of halogens is 2. The van der Waals surface area contributed by atoms with E-state index in [2.05, 4.69) is 48.9 Å². The lowest BCUT2D eigenvalue weighted by atomic mass is 9.80. The van der Waals surface area contributed by atoms with Crippen molar-refractivity contribution in [1.29, 1.82) is 0 Å². The van der Waals surface area contributed by atoms with Crippen molar-refractivity contribution < 1.29 is 22.9 Å². The summed E-state index contributed by atoms with van der Waals surface area (Å²) in [5.74, 6) is 0. The van der Waals surface area contributed by atoms with Crippen LogP contribution in [0.1, 0.15) is 81.1 Å². The lowest BCUT2D eigenvalue weighted by Gasteiger charge is -2.52. The number of hydroxylamine groups is 4. The summed E-state index contributed by atoms with van der Waals surface area (Å²) in [6.07, 6.45) is 1.42. The number of carbonyl (C=O) groups is 1. The fourth-order valence-electron chi connectivity index (χ4n) is 5.23. The van der Waals surface area contributed by atoms with Crippen LogP contribution in [0, 0.1) is 0 Å². The van der Waals surface area contributed by atoms with Crippen LogP contribution in [-0.2, 0) is 18.1 Å². The predicted octanol–water partition coefficient (Wildman–Crippen LogP) is 6.20. The first-order chi connectivity index (χ1) is 13.1. The van der Waals surface area contributed by atoms with E-state index in [0.29, 0.717) is 25.7 Å². The molecule has 0 atom stereocenters. The summed E-state index contributed by atoms with van der Waals surface area (Å²) in [6, 6.07) is 0. The maximum absolute atomic E-state index is 12.6. The second-order valence-electron chi connectivity index (χ2n) is 10.6. The zero-order valence-electron chi connectivity index (χ0n) is 18.6. The van der Waals surface area contributed by atoms with Crippen molar-refractivity contribution in [3.8, 4) is 0 Å². The third kappa shape index (κ3) is 6.04. The van der Waals surface area contributed by atoms with E-state index in [1.165, 1.54) is 9.21 Å². The molecule has 170 valence electrons. The van der Waals surface area contributed by atoms with Crippen LogP contribution in [0.4, 0.5) is 4.79 Å². The van der Waals surface area contributed by atoms with Crippen LogP contribution in [0.5, 0.6) is 0 Å². The summed E-state index contributed by atoms with van der Waals surface area (Å²) in [6.45, 7) is 16.4. The Morgan fingerprint density at radius 1 is 0.828 bits per heavy atom. The van der Waals surface area contributed by atoms with Gasteiger partial charge in [-0.1, -0.05) is 0 Å². The Balaban J connectivity index is 2.01. The number of piperidine rings is 2. The molecule has 0 amide bonds. The minimum atomic E-state index is -0.615. The van der Waals surface area contributed by atoms with Gasteiger partial charge >= 0.3 is 6.16 Å². The van der Waals surface area contributed by atoms with Crippen molar-refractivity contribution in [2.24, 2.45) is 0 Å². The quantitative estimate of drug-likeness (QED) is 0.222. The first-order valence-corrected chi connectivity index (χ1v) is 13.5. The molecule has 29 heavy (non-hydrogen) atoms. The fourth-order valence-corrected chi connectivity index (χ4v) is 6.54. The molecule has 0 aromatic heterocycles. The third-order valence-electron chi connectivity index (χ3n) is 5.81. The molecule has 2 rings (SSSR count). The van der Waals surface area contributed by atoms with Crippen molar-refractivity contribution >= 4 is 48.4 Å². The van der Waals surface area contributed by atoms with E-state index in [4.69, 9.17) is 30.0 Å². The van der Waals surface area contributed by atoms with Crippen molar-refractivity contribution in [2.45, 2.75) is 115 Å². The standard InChI is InChI=1S/C19H34ClIN2O5S/c1-16(2)9-13(10-17(3,4)22(16)27-20)25-15(24)26-14-11-18(5,6)23(28-29-21)19(7,8)12-14/h13-14H,9-12H2,1-8H3. The molecular weight excluding hydrogens is 531 g/mol. The first-order valence-electron chi connectivity index (χ1n) is 9.87. The Morgan fingerprint density at radius 3 is 1.48 bits per heavy atom. The van der Waals surface area contributed by atoms with E-state index in [9.17, 15) is 4.79 Å². The van der Waals surface area contributed by atoms with Gasteiger partial charge in [0, 0.05) is 69.0 Å². The molecule has 0 saturated carbocycles. The zero-order valence-corrected chi connectivity index (χ0v) is 22.3. The highest BCUT2D eigenvalue weighted by Crippen LogP contribution is 2.43. The molecule has 2 heterocycles. The number of hydrogen-bond acceptors (Lipinski definition) is 8. The lowest BCUT2D eigenvalue weighted by Crippen LogP contribution is -2.62. The molecule has 2 aliphatic rings. The number of hydrogen-bond donors (Lipinski definition) is 0. The maximum Gasteiger partial charge on any atom is 0.508 e. The van der Waals surface area contributed by atoms with Gasteiger partial charge in [0.2, 0.25) is 0 Å². The van der Waals surface area contributed by atoms with Gasteiger partial charge in [-0.25, -0.2) is 9.08 Å². The summed E-state index contributed by atoms with van der Waals surface area (Å²) >= 11 is 7.81. The molecule has 0 N–H and O–H groups in total. The summed E-state index contributed by atoms with van der Waals surface area (Å²) in [7, 11) is 1.29. The summed E-state index contributed by atoms with van der Waals surface area (Å²) in [5.41, 5.74) is -1.31. The molecular formula is C19H34ClIN2O5S. The zero-order chi connectivity index (χ0) is 22.3. The largest absolute Gasteiger partial charge is 0.508 e. The Labute approximate surface area is 196 Å². The molecule has 7 nitrogen and oxygen atoms in total. The molecule has 2 aliphatic heterocycles. The van der Waals surface area contributed by atoms with Crippen molar-refractivity contribution in [3.05, 3.63) is 0 Å². The average molecular weight is 565 g/mol. The Hall–Kier alpha value is 0.480. The van der Waals surface area contributed by atoms with E-state index in [1.807, 2.05) is 32.8 Å². The van der Waals surface area contributed by atoms with E-state index in [-0.39, 0.29) is 34.4 Å². The molecule has 0 radical (unpaired) electrons. The van der Waals surface area contributed by atoms with Gasteiger partial charge in [-0.2, -0.15) is 14.5 Å². The molecule has 10 heteroatoms. The van der Waals surface area contributed by atoms with Gasteiger partial charge in [-0.3, -0.25) is 0 Å². The van der Waals surface area contributed by atoms with Crippen LogP contribution in [0.25, 0.3) is 0 Å².